The Morgan fingerprint density at radius 2 is 1.44 bits per heavy atom. The molecule has 0 bridgehead atoms. The van der Waals surface area contributed by atoms with Crippen molar-refractivity contribution >= 4 is 11.8 Å². The van der Waals surface area contributed by atoms with E-state index in [1.54, 1.807) is 5.57 Å². The summed E-state index contributed by atoms with van der Waals surface area (Å²) in [5.74, 6) is 7.12. The molecule has 0 spiro atoms. The van der Waals surface area contributed by atoms with E-state index in [4.69, 9.17) is 4.74 Å². The van der Waals surface area contributed by atoms with Crippen LogP contribution in [0.4, 0.5) is 0 Å². The van der Waals surface area contributed by atoms with E-state index in [1.165, 1.54) is 89.0 Å². The molecule has 342 valence electrons. The number of fused-ring (bicyclic) bond motifs is 12. The lowest BCUT2D eigenvalue weighted by atomic mass is 9.32. The molecule has 0 aromatic carbocycles. The van der Waals surface area contributed by atoms with E-state index in [0.717, 1.165) is 81.0 Å². The summed E-state index contributed by atoms with van der Waals surface area (Å²) in [6, 6.07) is 0. The van der Waals surface area contributed by atoms with Crippen molar-refractivity contribution in [2.75, 3.05) is 0 Å². The second-order valence-corrected chi connectivity index (χ2v) is 27.2. The van der Waals surface area contributed by atoms with Gasteiger partial charge in [-0.2, -0.15) is 0 Å². The maximum atomic E-state index is 15.3. The van der Waals surface area contributed by atoms with Crippen molar-refractivity contribution in [3.8, 4) is 0 Å². The van der Waals surface area contributed by atoms with Crippen LogP contribution in [-0.2, 0) is 14.3 Å². The molecule has 17 atom stereocenters. The quantitative estimate of drug-likeness (QED) is 0.181. The fraction of sp³-hybridized carbons (Fsp3) is 0.897. The van der Waals surface area contributed by atoms with E-state index in [2.05, 4.69) is 95.7 Å². The van der Waals surface area contributed by atoms with Crippen LogP contribution >= 0.6 is 0 Å². The summed E-state index contributed by atoms with van der Waals surface area (Å²) in [6.07, 6.45) is 27.7. The number of carbonyl (C=O) groups excluding carboxylic acids is 2. The van der Waals surface area contributed by atoms with Crippen LogP contribution in [0, 0.1) is 102 Å². The summed E-state index contributed by atoms with van der Waals surface area (Å²) in [5, 5.41) is 0. The van der Waals surface area contributed by atoms with Gasteiger partial charge in [0.2, 0.25) is 0 Å². The van der Waals surface area contributed by atoms with Crippen molar-refractivity contribution in [2.45, 2.75) is 224 Å². The molecule has 0 heterocycles. The van der Waals surface area contributed by atoms with E-state index in [9.17, 15) is 4.79 Å². The number of allylic oxidation sites excluding steroid dienone is 2. The Balaban J connectivity index is 0.924. The van der Waals surface area contributed by atoms with Gasteiger partial charge in [-0.3, -0.25) is 9.59 Å². The highest BCUT2D eigenvalue weighted by atomic mass is 16.5. The molecule has 9 aliphatic rings. The van der Waals surface area contributed by atoms with E-state index in [0.29, 0.717) is 46.2 Å². The van der Waals surface area contributed by atoms with Crippen molar-refractivity contribution in [3.05, 3.63) is 23.8 Å². The van der Waals surface area contributed by atoms with Crippen LogP contribution in [0.3, 0.4) is 0 Å². The van der Waals surface area contributed by atoms with Crippen molar-refractivity contribution in [3.63, 3.8) is 0 Å². The van der Waals surface area contributed by atoms with E-state index in [-0.39, 0.29) is 44.6 Å². The molecule has 0 aromatic heterocycles. The van der Waals surface area contributed by atoms with E-state index < -0.39 is 0 Å². The molecule has 8 saturated carbocycles. The molecule has 61 heavy (non-hydrogen) atoms. The van der Waals surface area contributed by atoms with Gasteiger partial charge in [-0.1, -0.05) is 119 Å². The molecule has 0 aliphatic heterocycles. The Labute approximate surface area is 375 Å². The number of ether oxygens (including phenoxy) is 1. The average Bonchev–Trinajstić information content (AvgIpc) is 3.77. The molecule has 8 fully saturated rings. The van der Waals surface area contributed by atoms with Gasteiger partial charge in [0.1, 0.15) is 11.9 Å². The van der Waals surface area contributed by atoms with Crippen LogP contribution in [0.15, 0.2) is 23.8 Å². The summed E-state index contributed by atoms with van der Waals surface area (Å²) in [4.78, 5) is 28.6. The monoisotopic (exact) mass is 837 g/mol. The SMILES string of the molecule is C=C(C)[C@@H]1CC[C@]2(C(=O)O[C@H]3CC[C@@]4(C)C(=CC[C@@]5(C)[C@@H]6CC[C@H]([C@H](C)CCCC(C)C)[C@@]6(C)CC[C@@H]54)C3)CC[C@]3(C)[C@H](CC[C@@H]4[C@@]5(C)CCC(=O)C(C)(C)C5CC[C@]43C)C12. The number of esters is 1. The van der Waals surface area contributed by atoms with Gasteiger partial charge in [-0.15, -0.1) is 0 Å². The first-order valence-electron chi connectivity index (χ1n) is 26.6. The predicted octanol–water partition coefficient (Wildman–Crippen LogP) is 15.6. The highest BCUT2D eigenvalue weighted by Crippen LogP contribution is 2.78. The summed E-state index contributed by atoms with van der Waals surface area (Å²) in [5.41, 5.74) is 4.01. The first-order chi connectivity index (χ1) is 28.5. The minimum absolute atomic E-state index is 0.0145. The molecule has 2 unspecified atom stereocenters. The third kappa shape index (κ3) is 6.16. The van der Waals surface area contributed by atoms with Gasteiger partial charge in [0.05, 0.1) is 5.41 Å². The zero-order valence-corrected chi connectivity index (χ0v) is 41.7. The van der Waals surface area contributed by atoms with Crippen molar-refractivity contribution in [1.82, 2.24) is 0 Å². The Kier molecular flexibility index (Phi) is 10.9. The van der Waals surface area contributed by atoms with Crippen LogP contribution in [0.2, 0.25) is 0 Å². The molecule has 0 saturated heterocycles. The number of Topliss-reactive ketones (excluding diaryl/α,β-unsaturated/α-hetero) is 1. The van der Waals surface area contributed by atoms with E-state index >= 15 is 4.79 Å². The first kappa shape index (κ1) is 44.8. The molecule has 3 nitrogen and oxygen atoms in total. The average molecular weight is 837 g/mol. The molecule has 9 aliphatic carbocycles. The minimum atomic E-state index is -0.379. The zero-order valence-electron chi connectivity index (χ0n) is 41.7. The van der Waals surface area contributed by atoms with Crippen LogP contribution < -0.4 is 0 Å². The smallest absolute Gasteiger partial charge is 0.312 e. The molecule has 0 aromatic rings. The maximum absolute atomic E-state index is 15.3. The maximum Gasteiger partial charge on any atom is 0.312 e. The van der Waals surface area contributed by atoms with E-state index in [1.807, 2.05) is 0 Å². The Morgan fingerprint density at radius 1 is 0.721 bits per heavy atom. The van der Waals surface area contributed by atoms with Gasteiger partial charge in [0.15, 0.2) is 0 Å². The second-order valence-electron chi connectivity index (χ2n) is 27.2. The van der Waals surface area contributed by atoms with Crippen LogP contribution in [-0.4, -0.2) is 17.9 Å². The molecule has 3 heteroatoms. The number of hydrogen-bond donors (Lipinski definition) is 0. The minimum Gasteiger partial charge on any atom is -0.462 e. The number of hydrogen-bond acceptors (Lipinski definition) is 3. The number of carbonyl (C=O) groups is 2. The summed E-state index contributed by atoms with van der Waals surface area (Å²) in [6.45, 7) is 34.9. The van der Waals surface area contributed by atoms with Gasteiger partial charge >= 0.3 is 5.97 Å². The second kappa shape index (κ2) is 14.8. The predicted molar refractivity (Wildman–Crippen MR) is 252 cm³/mol. The third-order valence-electron chi connectivity index (χ3n) is 24.3. The van der Waals surface area contributed by atoms with Gasteiger partial charge in [-0.25, -0.2) is 0 Å². The fourth-order valence-corrected chi connectivity index (χ4v) is 21.0. The number of ketones is 1. The third-order valence-corrected chi connectivity index (χ3v) is 24.3. The Bertz CT molecular complexity index is 1800. The lowest BCUT2D eigenvalue weighted by Crippen LogP contribution is -2.66. The Hall–Kier alpha value is -1.38. The van der Waals surface area contributed by atoms with Gasteiger partial charge in [-0.05, 0) is 201 Å². The van der Waals surface area contributed by atoms with Gasteiger partial charge in [0, 0.05) is 18.3 Å². The van der Waals surface area contributed by atoms with Crippen molar-refractivity contribution in [2.24, 2.45) is 102 Å². The lowest BCUT2D eigenvalue weighted by Gasteiger charge is -2.72. The summed E-state index contributed by atoms with van der Waals surface area (Å²) in [7, 11) is 0. The fourth-order valence-electron chi connectivity index (χ4n) is 21.0. The standard InChI is InChI=1S/C58H92O3/c1-36(2)15-14-16-38(5)42-17-19-45-53(42,9)29-24-46-52(8)28-22-40(35-39(52)21-27-55(45,46)11)61-50(60)58-32-23-41(37(3)4)49(58)43-18-20-47-54(10)30-26-48(59)51(6,7)44(54)25-31-57(47,13)56(43,12)33-34-58/h21,36,38,40-47,49H,3,14-20,22-35H2,1-2,4-13H3/t38-,40+,41+,42-,43-,44?,45-,46-,47-,49?,52+,53-,54+,55+,56-,57-,58+/m1/s1. The van der Waals surface area contributed by atoms with Gasteiger partial charge < -0.3 is 4.74 Å². The largest absolute Gasteiger partial charge is 0.462 e. The first-order valence-corrected chi connectivity index (χ1v) is 26.6. The lowest BCUT2D eigenvalue weighted by molar-refractivity contribution is -0.237. The van der Waals surface area contributed by atoms with Crippen molar-refractivity contribution < 1.29 is 14.3 Å². The molecule has 0 radical (unpaired) electrons. The molecule has 9 rings (SSSR count). The topological polar surface area (TPSA) is 43.4 Å². The zero-order chi connectivity index (χ0) is 43.9. The van der Waals surface area contributed by atoms with Crippen LogP contribution in [0.1, 0.15) is 218 Å². The molecule has 0 amide bonds. The normalized spacial score (nSPS) is 51.4. The Morgan fingerprint density at radius 3 is 2.16 bits per heavy atom. The van der Waals surface area contributed by atoms with Crippen LogP contribution in [0.5, 0.6) is 0 Å². The highest BCUT2D eigenvalue weighted by Gasteiger charge is 2.73. The highest BCUT2D eigenvalue weighted by molar-refractivity contribution is 5.85. The number of rotatable bonds is 8. The van der Waals surface area contributed by atoms with Gasteiger partial charge in [0.25, 0.3) is 0 Å². The van der Waals surface area contributed by atoms with Crippen molar-refractivity contribution in [1.29, 1.82) is 0 Å². The molecular formula is C58H92O3. The molecule has 0 N–H and O–H groups in total. The van der Waals surface area contributed by atoms with Crippen LogP contribution in [0.25, 0.3) is 0 Å². The summed E-state index contributed by atoms with van der Waals surface area (Å²) < 4.78 is 7.01. The molecular weight excluding hydrogens is 745 g/mol. The summed E-state index contributed by atoms with van der Waals surface area (Å²) >= 11 is 0.